The number of Topliss-reactive ketones (excluding diaryl/α,β-unsaturated/α-hetero) is 1. The molecule has 0 fully saturated rings. The molecule has 3 aromatic rings. The van der Waals surface area contributed by atoms with Gasteiger partial charge < -0.3 is 0 Å². The number of alkyl halides is 3. The largest absolute Gasteiger partial charge is 0.451 e. The van der Waals surface area contributed by atoms with Crippen LogP contribution in [0.3, 0.4) is 0 Å². The Bertz CT molecular complexity index is 949. The molecule has 0 aliphatic heterocycles. The second-order valence-electron chi connectivity index (χ2n) is 6.77. The Morgan fingerprint density at radius 1 is 0.692 bits per heavy atom. The fraction of sp³-hybridized carbons (Fsp3) is 0.136. The molecule has 0 radical (unpaired) electrons. The molecule has 6 rings (SSSR count). The molecule has 0 aromatic heterocycles. The first-order chi connectivity index (χ1) is 12.5. The molecule has 0 amide bonds. The van der Waals surface area contributed by atoms with E-state index >= 15 is 0 Å². The molecule has 1 nitrogen and oxygen atoms in total. The Morgan fingerprint density at radius 3 is 1.38 bits per heavy atom. The van der Waals surface area contributed by atoms with E-state index in [1.54, 1.807) is 36.4 Å². The average Bonchev–Trinajstić information content (AvgIpc) is 2.66. The topological polar surface area (TPSA) is 17.1 Å². The highest BCUT2D eigenvalue weighted by Gasteiger charge is 2.62. The number of benzene rings is 3. The van der Waals surface area contributed by atoms with E-state index < -0.39 is 17.4 Å². The zero-order valence-corrected chi connectivity index (χ0v) is 13.5. The van der Waals surface area contributed by atoms with Crippen molar-refractivity contribution in [2.75, 3.05) is 0 Å². The molecule has 0 heterocycles. The number of halogens is 3. The van der Waals surface area contributed by atoms with Crippen LogP contribution in [0.15, 0.2) is 72.8 Å². The van der Waals surface area contributed by atoms with E-state index in [2.05, 4.69) is 0 Å². The predicted molar refractivity (Wildman–Crippen MR) is 91.2 cm³/mol. The minimum absolute atomic E-state index is 0.151. The van der Waals surface area contributed by atoms with Gasteiger partial charge in [-0.1, -0.05) is 72.8 Å². The van der Waals surface area contributed by atoms with Crippen molar-refractivity contribution in [2.24, 2.45) is 0 Å². The van der Waals surface area contributed by atoms with Gasteiger partial charge in [-0.05, 0) is 33.4 Å². The van der Waals surface area contributed by atoms with Gasteiger partial charge in [0, 0.05) is 5.92 Å². The molecule has 0 unspecified atom stereocenters. The van der Waals surface area contributed by atoms with Crippen molar-refractivity contribution in [2.45, 2.75) is 17.5 Å². The van der Waals surface area contributed by atoms with Gasteiger partial charge in [0.25, 0.3) is 5.78 Å². The first-order valence-electron chi connectivity index (χ1n) is 8.37. The maximum Gasteiger partial charge on any atom is 0.451 e. The lowest BCUT2D eigenvalue weighted by Gasteiger charge is -2.49. The average molecular weight is 350 g/mol. The van der Waals surface area contributed by atoms with Gasteiger partial charge in [0.05, 0.1) is 0 Å². The Labute approximate surface area is 148 Å². The highest BCUT2D eigenvalue weighted by molar-refractivity contribution is 6.04. The van der Waals surface area contributed by atoms with Crippen LogP contribution in [0.2, 0.25) is 0 Å². The standard InChI is InChI=1S/C22H13F3O/c23-22(24,25)20(26)21-16-10-4-1-7-13(16)19(14-8-2-5-11-17(14)21)15-9-3-6-12-18(15)21/h1-12,19H. The fourth-order valence-corrected chi connectivity index (χ4v) is 4.79. The lowest BCUT2D eigenvalue weighted by Crippen LogP contribution is -2.52. The highest BCUT2D eigenvalue weighted by Crippen LogP contribution is 2.60. The van der Waals surface area contributed by atoms with E-state index in [1.807, 2.05) is 36.4 Å². The first kappa shape index (κ1) is 15.4. The fourth-order valence-electron chi connectivity index (χ4n) is 4.79. The minimum Gasteiger partial charge on any atom is -0.288 e. The van der Waals surface area contributed by atoms with Gasteiger partial charge in [0.2, 0.25) is 0 Å². The number of rotatable bonds is 1. The molecule has 4 heteroatoms. The highest BCUT2D eigenvalue weighted by atomic mass is 19.4. The van der Waals surface area contributed by atoms with E-state index in [-0.39, 0.29) is 5.92 Å². The van der Waals surface area contributed by atoms with Crippen molar-refractivity contribution in [3.63, 3.8) is 0 Å². The smallest absolute Gasteiger partial charge is 0.288 e. The van der Waals surface area contributed by atoms with Crippen molar-refractivity contribution in [1.29, 1.82) is 0 Å². The molecule has 0 atom stereocenters. The number of hydrogen-bond acceptors (Lipinski definition) is 1. The van der Waals surface area contributed by atoms with Crippen LogP contribution in [0.1, 0.15) is 39.3 Å². The van der Waals surface area contributed by atoms with Crippen LogP contribution in [0.5, 0.6) is 0 Å². The zero-order valence-electron chi connectivity index (χ0n) is 13.5. The van der Waals surface area contributed by atoms with Gasteiger partial charge in [-0.25, -0.2) is 0 Å². The molecule has 26 heavy (non-hydrogen) atoms. The molecule has 3 aliphatic carbocycles. The van der Waals surface area contributed by atoms with Crippen LogP contribution in [0.4, 0.5) is 13.2 Å². The van der Waals surface area contributed by atoms with Crippen molar-refractivity contribution < 1.29 is 18.0 Å². The molecular formula is C22H13F3O. The summed E-state index contributed by atoms with van der Waals surface area (Å²) < 4.78 is 41.4. The molecule has 128 valence electrons. The Morgan fingerprint density at radius 2 is 1.04 bits per heavy atom. The maximum absolute atomic E-state index is 13.8. The molecule has 2 bridgehead atoms. The zero-order chi connectivity index (χ0) is 18.1. The van der Waals surface area contributed by atoms with Crippen LogP contribution >= 0.6 is 0 Å². The van der Waals surface area contributed by atoms with Crippen LogP contribution in [-0.2, 0) is 10.2 Å². The Hall–Kier alpha value is -2.88. The lowest BCUT2D eigenvalue weighted by atomic mass is 9.51. The van der Waals surface area contributed by atoms with Crippen LogP contribution < -0.4 is 0 Å². The van der Waals surface area contributed by atoms with Gasteiger partial charge in [0.1, 0.15) is 5.41 Å². The van der Waals surface area contributed by atoms with Gasteiger partial charge >= 0.3 is 6.18 Å². The molecule has 0 spiro atoms. The number of carbonyl (C=O) groups is 1. The second kappa shape index (κ2) is 4.85. The predicted octanol–water partition coefficient (Wildman–Crippen LogP) is 4.96. The number of carbonyl (C=O) groups excluding carboxylic acids is 1. The quantitative estimate of drug-likeness (QED) is 0.606. The van der Waals surface area contributed by atoms with Gasteiger partial charge in [0.15, 0.2) is 0 Å². The van der Waals surface area contributed by atoms with Crippen LogP contribution in [0.25, 0.3) is 0 Å². The van der Waals surface area contributed by atoms with Crippen molar-refractivity contribution in [3.05, 3.63) is 106 Å². The van der Waals surface area contributed by atoms with E-state index in [0.29, 0.717) is 16.7 Å². The SMILES string of the molecule is O=C(C(F)(F)F)C12c3ccccc3C(c3ccccc31)c1ccccc12. The summed E-state index contributed by atoms with van der Waals surface area (Å²) in [4.78, 5) is 13.0. The minimum atomic E-state index is -4.95. The Balaban J connectivity index is 2.01. The molecule has 0 saturated heterocycles. The van der Waals surface area contributed by atoms with Gasteiger partial charge in [-0.3, -0.25) is 4.79 Å². The van der Waals surface area contributed by atoms with Gasteiger partial charge in [-0.2, -0.15) is 13.2 Å². The third kappa shape index (κ3) is 1.64. The summed E-state index contributed by atoms with van der Waals surface area (Å²) >= 11 is 0. The van der Waals surface area contributed by atoms with Crippen LogP contribution in [0, 0.1) is 0 Å². The molecule has 0 N–H and O–H groups in total. The third-order valence-corrected chi connectivity index (χ3v) is 5.63. The summed E-state index contributed by atoms with van der Waals surface area (Å²) in [6.45, 7) is 0. The van der Waals surface area contributed by atoms with Crippen molar-refractivity contribution in [3.8, 4) is 0 Å². The van der Waals surface area contributed by atoms with Crippen LogP contribution in [-0.4, -0.2) is 12.0 Å². The normalized spacial score (nSPS) is 22.3. The summed E-state index contributed by atoms with van der Waals surface area (Å²) in [5.41, 5.74) is 1.85. The summed E-state index contributed by atoms with van der Waals surface area (Å²) in [6, 6.07) is 21.1. The van der Waals surface area contributed by atoms with Gasteiger partial charge in [-0.15, -0.1) is 0 Å². The monoisotopic (exact) mass is 350 g/mol. The van der Waals surface area contributed by atoms with E-state index in [0.717, 1.165) is 16.7 Å². The Kier molecular flexibility index (Phi) is 2.87. The summed E-state index contributed by atoms with van der Waals surface area (Å²) in [5.74, 6) is -1.88. The molecule has 3 aliphatic rings. The molecule has 0 saturated carbocycles. The number of ketones is 1. The number of hydrogen-bond donors (Lipinski definition) is 0. The molecule has 3 aromatic carbocycles. The maximum atomic E-state index is 13.8. The van der Waals surface area contributed by atoms with Crippen molar-refractivity contribution in [1.82, 2.24) is 0 Å². The summed E-state index contributed by atoms with van der Waals surface area (Å²) in [5, 5.41) is 0. The first-order valence-corrected chi connectivity index (χ1v) is 8.37. The second-order valence-corrected chi connectivity index (χ2v) is 6.77. The van der Waals surface area contributed by atoms with E-state index in [1.165, 1.54) is 0 Å². The lowest BCUT2D eigenvalue weighted by molar-refractivity contribution is -0.174. The summed E-state index contributed by atoms with van der Waals surface area (Å²) in [6.07, 6.45) is -4.95. The van der Waals surface area contributed by atoms with E-state index in [4.69, 9.17) is 0 Å². The molecular weight excluding hydrogens is 337 g/mol. The van der Waals surface area contributed by atoms with E-state index in [9.17, 15) is 18.0 Å². The van der Waals surface area contributed by atoms with Crippen molar-refractivity contribution >= 4 is 5.78 Å². The third-order valence-electron chi connectivity index (χ3n) is 5.63. The summed E-state index contributed by atoms with van der Waals surface area (Å²) in [7, 11) is 0.